The fourth-order valence-electron chi connectivity index (χ4n) is 4.44. The second-order valence-electron chi connectivity index (χ2n) is 9.39. The van der Waals surface area contributed by atoms with Gasteiger partial charge in [-0.15, -0.1) is 0 Å². The molecule has 2 atom stereocenters. The van der Waals surface area contributed by atoms with Crippen LogP contribution in [0.1, 0.15) is 51.5 Å². The normalized spacial score (nSPS) is 22.1. The average Bonchev–Trinajstić information content (AvgIpc) is 3.35. The molecule has 0 aliphatic carbocycles. The quantitative estimate of drug-likeness (QED) is 0.758. The Bertz CT molecular complexity index is 750. The lowest BCUT2D eigenvalue weighted by atomic mass is 9.87. The summed E-state index contributed by atoms with van der Waals surface area (Å²) in [5, 5.41) is 0. The van der Waals surface area contributed by atoms with Crippen molar-refractivity contribution in [2.75, 3.05) is 40.4 Å². The van der Waals surface area contributed by atoms with E-state index in [-0.39, 0.29) is 29.1 Å². The van der Waals surface area contributed by atoms with E-state index in [0.717, 1.165) is 43.0 Å². The van der Waals surface area contributed by atoms with Crippen LogP contribution < -0.4 is 9.47 Å². The van der Waals surface area contributed by atoms with Crippen molar-refractivity contribution in [3.05, 3.63) is 23.8 Å². The van der Waals surface area contributed by atoms with Gasteiger partial charge in [0.1, 0.15) is 11.5 Å². The number of nitrogens with zero attached hydrogens (tertiary/aromatic N) is 2. The molecule has 2 aliphatic rings. The van der Waals surface area contributed by atoms with E-state index in [0.29, 0.717) is 19.5 Å². The van der Waals surface area contributed by atoms with Crippen LogP contribution in [0, 0.1) is 11.3 Å². The highest BCUT2D eigenvalue weighted by Gasteiger charge is 2.43. The van der Waals surface area contributed by atoms with Crippen LogP contribution in [0.25, 0.3) is 0 Å². The molecule has 6 nitrogen and oxygen atoms in total. The SMILES string of the molecule is COc1ccc(OC)c([C@@H]2CN(C(=O)CC(C)(C)C)C[C@H]2C(=O)N2CCCC2)c1. The Balaban J connectivity index is 1.92. The van der Waals surface area contributed by atoms with Crippen molar-refractivity contribution in [2.24, 2.45) is 11.3 Å². The van der Waals surface area contributed by atoms with Crippen LogP contribution in [0.4, 0.5) is 0 Å². The van der Waals surface area contributed by atoms with Crippen molar-refractivity contribution in [1.82, 2.24) is 9.80 Å². The second-order valence-corrected chi connectivity index (χ2v) is 9.39. The lowest BCUT2D eigenvalue weighted by Crippen LogP contribution is -2.38. The van der Waals surface area contributed by atoms with Gasteiger partial charge in [-0.25, -0.2) is 0 Å². The van der Waals surface area contributed by atoms with Gasteiger partial charge in [0.15, 0.2) is 0 Å². The monoisotopic (exact) mass is 402 g/mol. The number of likely N-dealkylation sites (tertiary alicyclic amines) is 2. The van der Waals surface area contributed by atoms with Crippen molar-refractivity contribution < 1.29 is 19.1 Å². The lowest BCUT2D eigenvalue weighted by Gasteiger charge is -2.25. The second kappa shape index (κ2) is 8.64. The predicted molar refractivity (Wildman–Crippen MR) is 112 cm³/mol. The fourth-order valence-corrected chi connectivity index (χ4v) is 4.44. The molecule has 29 heavy (non-hydrogen) atoms. The highest BCUT2D eigenvalue weighted by atomic mass is 16.5. The van der Waals surface area contributed by atoms with Crippen LogP contribution in [0.15, 0.2) is 18.2 Å². The molecule has 0 unspecified atom stereocenters. The van der Waals surface area contributed by atoms with Crippen LogP contribution >= 0.6 is 0 Å². The maximum absolute atomic E-state index is 13.4. The lowest BCUT2D eigenvalue weighted by molar-refractivity contribution is -0.135. The summed E-state index contributed by atoms with van der Waals surface area (Å²) in [4.78, 5) is 30.1. The molecule has 0 N–H and O–H groups in total. The summed E-state index contributed by atoms with van der Waals surface area (Å²) >= 11 is 0. The van der Waals surface area contributed by atoms with E-state index in [1.165, 1.54) is 0 Å². The molecule has 2 saturated heterocycles. The van der Waals surface area contributed by atoms with Gasteiger partial charge in [-0.2, -0.15) is 0 Å². The van der Waals surface area contributed by atoms with Crippen LogP contribution in [0.2, 0.25) is 0 Å². The number of rotatable bonds is 5. The minimum Gasteiger partial charge on any atom is -0.497 e. The third-order valence-corrected chi connectivity index (χ3v) is 5.93. The topological polar surface area (TPSA) is 59.1 Å². The molecule has 0 spiro atoms. The Morgan fingerprint density at radius 2 is 1.72 bits per heavy atom. The molecule has 160 valence electrons. The summed E-state index contributed by atoms with van der Waals surface area (Å²) in [6, 6.07) is 5.69. The number of benzene rings is 1. The molecular weight excluding hydrogens is 368 g/mol. The third kappa shape index (κ3) is 4.85. The van der Waals surface area contributed by atoms with Crippen molar-refractivity contribution in [3.63, 3.8) is 0 Å². The van der Waals surface area contributed by atoms with Crippen LogP contribution in [0.5, 0.6) is 11.5 Å². The van der Waals surface area contributed by atoms with E-state index in [1.54, 1.807) is 14.2 Å². The van der Waals surface area contributed by atoms with E-state index in [4.69, 9.17) is 9.47 Å². The third-order valence-electron chi connectivity index (χ3n) is 5.93. The first-order chi connectivity index (χ1) is 13.7. The Labute approximate surface area is 174 Å². The van der Waals surface area contributed by atoms with Gasteiger partial charge in [-0.1, -0.05) is 20.8 Å². The van der Waals surface area contributed by atoms with Crippen molar-refractivity contribution in [2.45, 2.75) is 46.0 Å². The number of hydrogen-bond acceptors (Lipinski definition) is 4. The van der Waals surface area contributed by atoms with Crippen molar-refractivity contribution in [3.8, 4) is 11.5 Å². The van der Waals surface area contributed by atoms with Gasteiger partial charge < -0.3 is 19.3 Å². The van der Waals surface area contributed by atoms with E-state index in [1.807, 2.05) is 28.0 Å². The summed E-state index contributed by atoms with van der Waals surface area (Å²) in [6.07, 6.45) is 2.58. The molecule has 2 fully saturated rings. The minimum atomic E-state index is -0.252. The molecular formula is C23H34N2O4. The molecule has 6 heteroatoms. The van der Waals surface area contributed by atoms with Gasteiger partial charge in [0.2, 0.25) is 11.8 Å². The highest BCUT2D eigenvalue weighted by molar-refractivity contribution is 5.84. The minimum absolute atomic E-state index is 0.0860. The van der Waals surface area contributed by atoms with Gasteiger partial charge >= 0.3 is 0 Å². The summed E-state index contributed by atoms with van der Waals surface area (Å²) < 4.78 is 11.0. The van der Waals surface area contributed by atoms with Crippen molar-refractivity contribution >= 4 is 11.8 Å². The Hall–Kier alpha value is -2.24. The molecule has 0 bridgehead atoms. The predicted octanol–water partition coefficient (Wildman–Crippen LogP) is 3.30. The average molecular weight is 403 g/mol. The van der Waals surface area contributed by atoms with Gasteiger partial charge in [-0.05, 0) is 36.5 Å². The molecule has 2 heterocycles. The summed E-state index contributed by atoms with van der Waals surface area (Å²) in [7, 11) is 3.27. The number of methoxy groups -OCH3 is 2. The van der Waals surface area contributed by atoms with E-state index in [2.05, 4.69) is 20.8 Å². The molecule has 0 saturated carbocycles. The molecule has 3 rings (SSSR count). The first-order valence-corrected chi connectivity index (χ1v) is 10.5. The molecule has 2 amide bonds. The molecule has 0 aromatic heterocycles. The molecule has 0 radical (unpaired) electrons. The molecule has 1 aromatic carbocycles. The number of carbonyl (C=O) groups excluding carboxylic acids is 2. The zero-order valence-corrected chi connectivity index (χ0v) is 18.4. The Morgan fingerprint density at radius 1 is 1.03 bits per heavy atom. The first kappa shape index (κ1) is 21.5. The number of hydrogen-bond donors (Lipinski definition) is 0. The number of amides is 2. The van der Waals surface area contributed by atoms with Crippen LogP contribution in [-0.4, -0.2) is 62.0 Å². The zero-order valence-electron chi connectivity index (χ0n) is 18.4. The van der Waals surface area contributed by atoms with E-state index >= 15 is 0 Å². The standard InChI is InChI=1S/C23H34N2O4/c1-23(2,3)13-21(26)25-14-18(17-12-16(28-4)8-9-20(17)29-5)19(15-25)22(27)24-10-6-7-11-24/h8-9,12,18-19H,6-7,10-11,13-15H2,1-5H3/t18-,19+/m0/s1. The maximum atomic E-state index is 13.4. The number of carbonyl (C=O) groups is 2. The Morgan fingerprint density at radius 3 is 2.31 bits per heavy atom. The maximum Gasteiger partial charge on any atom is 0.228 e. The van der Waals surface area contributed by atoms with Crippen molar-refractivity contribution in [1.29, 1.82) is 0 Å². The number of ether oxygens (including phenoxy) is 2. The van der Waals surface area contributed by atoms with Gasteiger partial charge in [0, 0.05) is 44.1 Å². The fraction of sp³-hybridized carbons (Fsp3) is 0.652. The van der Waals surface area contributed by atoms with E-state index < -0.39 is 0 Å². The van der Waals surface area contributed by atoms with Gasteiger partial charge in [0.25, 0.3) is 0 Å². The molecule has 2 aliphatic heterocycles. The molecule has 1 aromatic rings. The van der Waals surface area contributed by atoms with Gasteiger partial charge in [-0.3, -0.25) is 9.59 Å². The van der Waals surface area contributed by atoms with Crippen LogP contribution in [-0.2, 0) is 9.59 Å². The summed E-state index contributed by atoms with van der Waals surface area (Å²) in [6.45, 7) is 8.82. The smallest absolute Gasteiger partial charge is 0.228 e. The Kier molecular flexibility index (Phi) is 6.39. The first-order valence-electron chi connectivity index (χ1n) is 10.5. The summed E-state index contributed by atoms with van der Waals surface area (Å²) in [5.41, 5.74) is 0.854. The zero-order chi connectivity index (χ0) is 21.2. The largest absolute Gasteiger partial charge is 0.497 e. The van der Waals surface area contributed by atoms with Crippen LogP contribution in [0.3, 0.4) is 0 Å². The van der Waals surface area contributed by atoms with E-state index in [9.17, 15) is 9.59 Å². The van der Waals surface area contributed by atoms with Gasteiger partial charge in [0.05, 0.1) is 20.1 Å². The summed E-state index contributed by atoms with van der Waals surface area (Å²) in [5.74, 6) is 1.38. The highest BCUT2D eigenvalue weighted by Crippen LogP contribution is 2.41.